The SMILES string of the molecule is Cc1ccc(OCC2C[C@@H](F)CN2C)cc1C(=O)N[C@H](C)c1cc(-c2cnn(C)c2)nc2ccccc12. The van der Waals surface area contributed by atoms with Gasteiger partial charge in [-0.2, -0.15) is 5.10 Å². The van der Waals surface area contributed by atoms with Crippen LogP contribution in [0.2, 0.25) is 0 Å². The summed E-state index contributed by atoms with van der Waals surface area (Å²) in [5.74, 6) is 0.424. The minimum absolute atomic E-state index is 0.0302. The third-order valence-electron chi connectivity index (χ3n) is 7.10. The van der Waals surface area contributed by atoms with Gasteiger partial charge in [-0.3, -0.25) is 14.4 Å². The third kappa shape index (κ3) is 5.34. The summed E-state index contributed by atoms with van der Waals surface area (Å²) in [4.78, 5) is 20.2. The van der Waals surface area contributed by atoms with Gasteiger partial charge in [0, 0.05) is 42.3 Å². The first-order chi connectivity index (χ1) is 17.8. The van der Waals surface area contributed by atoms with Crippen molar-refractivity contribution in [1.29, 1.82) is 0 Å². The Labute approximate surface area is 216 Å². The van der Waals surface area contributed by atoms with Gasteiger partial charge in [-0.25, -0.2) is 9.37 Å². The molecule has 0 aliphatic carbocycles. The first-order valence-electron chi connectivity index (χ1n) is 12.6. The number of hydrogen-bond donors (Lipinski definition) is 1. The van der Waals surface area contributed by atoms with Gasteiger partial charge in [0.25, 0.3) is 5.91 Å². The quantitative estimate of drug-likeness (QED) is 0.392. The zero-order chi connectivity index (χ0) is 26.1. The van der Waals surface area contributed by atoms with Gasteiger partial charge in [0.05, 0.1) is 23.4 Å². The number of carbonyl (C=O) groups excluding carboxylic acids is 1. The molecule has 3 atom stereocenters. The van der Waals surface area contributed by atoms with Crippen molar-refractivity contribution >= 4 is 16.8 Å². The average Bonchev–Trinajstić information content (AvgIpc) is 3.46. The van der Waals surface area contributed by atoms with Crippen molar-refractivity contribution in [1.82, 2.24) is 25.0 Å². The molecule has 0 saturated carbocycles. The Hall–Kier alpha value is -3.78. The maximum Gasteiger partial charge on any atom is 0.252 e. The van der Waals surface area contributed by atoms with Crippen LogP contribution >= 0.6 is 0 Å². The highest BCUT2D eigenvalue weighted by Gasteiger charge is 2.29. The van der Waals surface area contributed by atoms with E-state index in [2.05, 4.69) is 10.4 Å². The maximum absolute atomic E-state index is 13.7. The van der Waals surface area contributed by atoms with E-state index in [0.29, 0.717) is 30.9 Å². The van der Waals surface area contributed by atoms with Crippen molar-refractivity contribution in [3.63, 3.8) is 0 Å². The van der Waals surface area contributed by atoms with E-state index in [9.17, 15) is 9.18 Å². The van der Waals surface area contributed by atoms with Gasteiger partial charge in [0.2, 0.25) is 0 Å². The minimum Gasteiger partial charge on any atom is -0.492 e. The summed E-state index contributed by atoms with van der Waals surface area (Å²) < 4.78 is 21.4. The van der Waals surface area contributed by atoms with Crippen molar-refractivity contribution in [2.45, 2.75) is 38.5 Å². The Morgan fingerprint density at radius 1 is 1.22 bits per heavy atom. The molecule has 0 bridgehead atoms. The number of aryl methyl sites for hydroxylation is 2. The highest BCUT2D eigenvalue weighted by Crippen LogP contribution is 2.29. The molecule has 7 nitrogen and oxygen atoms in total. The Kier molecular flexibility index (Phi) is 6.93. The maximum atomic E-state index is 13.7. The van der Waals surface area contributed by atoms with Crippen LogP contribution in [0.4, 0.5) is 4.39 Å². The van der Waals surface area contributed by atoms with Gasteiger partial charge in [-0.15, -0.1) is 0 Å². The molecule has 3 heterocycles. The van der Waals surface area contributed by atoms with Crippen LogP contribution in [0, 0.1) is 6.92 Å². The summed E-state index contributed by atoms with van der Waals surface area (Å²) >= 11 is 0. The van der Waals surface area contributed by atoms with Crippen LogP contribution in [0.25, 0.3) is 22.2 Å². The second-order valence-electron chi connectivity index (χ2n) is 9.93. The van der Waals surface area contributed by atoms with Crippen LogP contribution < -0.4 is 10.1 Å². The van der Waals surface area contributed by atoms with Crippen LogP contribution in [0.3, 0.4) is 0 Å². The van der Waals surface area contributed by atoms with E-state index in [1.165, 1.54) is 0 Å². The number of aromatic nitrogens is 3. The first kappa shape index (κ1) is 24.9. The van der Waals surface area contributed by atoms with E-state index in [1.54, 1.807) is 16.9 Å². The average molecular weight is 502 g/mol. The number of alkyl halides is 1. The molecule has 0 radical (unpaired) electrons. The number of benzene rings is 2. The molecule has 1 N–H and O–H groups in total. The van der Waals surface area contributed by atoms with Crippen LogP contribution in [-0.2, 0) is 7.05 Å². The van der Waals surface area contributed by atoms with Crippen molar-refractivity contribution in [3.05, 3.63) is 77.6 Å². The van der Waals surface area contributed by atoms with Crippen molar-refractivity contribution in [2.75, 3.05) is 20.2 Å². The minimum atomic E-state index is -0.817. The number of hydrogen-bond acceptors (Lipinski definition) is 5. The predicted molar refractivity (Wildman–Crippen MR) is 142 cm³/mol. The number of amides is 1. The van der Waals surface area contributed by atoms with Crippen molar-refractivity contribution in [3.8, 4) is 17.0 Å². The smallest absolute Gasteiger partial charge is 0.252 e. The monoisotopic (exact) mass is 501 g/mol. The number of ether oxygens (including phenoxy) is 1. The van der Waals surface area contributed by atoms with E-state index in [-0.39, 0.29) is 18.0 Å². The lowest BCUT2D eigenvalue weighted by Crippen LogP contribution is -2.30. The molecule has 1 saturated heterocycles. The number of halogens is 1. The number of fused-ring (bicyclic) bond motifs is 1. The lowest BCUT2D eigenvalue weighted by atomic mass is 9.99. The van der Waals surface area contributed by atoms with Crippen LogP contribution in [0.5, 0.6) is 5.75 Å². The molecule has 1 aliphatic heterocycles. The third-order valence-corrected chi connectivity index (χ3v) is 7.10. The molecule has 5 rings (SSSR count). The first-order valence-corrected chi connectivity index (χ1v) is 12.6. The zero-order valence-electron chi connectivity index (χ0n) is 21.6. The summed E-state index contributed by atoms with van der Waals surface area (Å²) in [6.45, 7) is 4.70. The number of rotatable bonds is 7. The Morgan fingerprint density at radius 3 is 2.76 bits per heavy atom. The van der Waals surface area contributed by atoms with Crippen molar-refractivity contribution < 1.29 is 13.9 Å². The fourth-order valence-corrected chi connectivity index (χ4v) is 4.95. The molecule has 37 heavy (non-hydrogen) atoms. The molecule has 1 unspecified atom stereocenters. The standard InChI is InChI=1S/C29H32FN5O2/c1-18-9-10-23(37-17-22-11-21(30)16-34(22)3)12-25(18)29(36)32-19(2)26-13-28(20-14-31-35(4)15-20)33-27-8-6-5-7-24(26)27/h5-10,12-15,19,21-22H,11,16-17H2,1-4H3,(H,32,36)/t19-,21-,22?/m1/s1. The van der Waals surface area contributed by atoms with E-state index in [4.69, 9.17) is 9.72 Å². The molecule has 1 amide bonds. The van der Waals surface area contributed by atoms with E-state index >= 15 is 0 Å². The lowest BCUT2D eigenvalue weighted by molar-refractivity contribution is 0.0939. The molecule has 1 fully saturated rings. The summed E-state index contributed by atoms with van der Waals surface area (Å²) in [6.07, 6.45) is 3.36. The summed E-state index contributed by atoms with van der Waals surface area (Å²) in [6, 6.07) is 15.2. The van der Waals surface area contributed by atoms with Crippen LogP contribution in [0.15, 0.2) is 60.9 Å². The fourth-order valence-electron chi connectivity index (χ4n) is 4.95. The number of pyridine rings is 1. The number of nitrogens with zero attached hydrogens (tertiary/aromatic N) is 4. The highest BCUT2D eigenvalue weighted by molar-refractivity contribution is 5.96. The van der Waals surface area contributed by atoms with Gasteiger partial charge in [-0.1, -0.05) is 24.3 Å². The molecular weight excluding hydrogens is 469 g/mol. The van der Waals surface area contributed by atoms with Gasteiger partial charge in [0.15, 0.2) is 0 Å². The van der Waals surface area contributed by atoms with Gasteiger partial charge >= 0.3 is 0 Å². The molecule has 192 valence electrons. The Bertz CT molecular complexity index is 1440. The van der Waals surface area contributed by atoms with Crippen LogP contribution in [0.1, 0.15) is 40.9 Å². The summed E-state index contributed by atoms with van der Waals surface area (Å²) in [5, 5.41) is 8.43. The van der Waals surface area contributed by atoms with Gasteiger partial charge < -0.3 is 10.1 Å². The van der Waals surface area contributed by atoms with E-state index in [1.807, 2.05) is 81.5 Å². The molecule has 8 heteroatoms. The number of para-hydroxylation sites is 1. The molecular formula is C29H32FN5O2. The molecule has 4 aromatic rings. The largest absolute Gasteiger partial charge is 0.492 e. The second kappa shape index (κ2) is 10.3. The number of likely N-dealkylation sites (N-methyl/N-ethyl adjacent to an activating group) is 1. The van der Waals surface area contributed by atoms with E-state index < -0.39 is 6.17 Å². The summed E-state index contributed by atoms with van der Waals surface area (Å²) in [5.41, 5.74) is 4.97. The zero-order valence-corrected chi connectivity index (χ0v) is 21.6. The topological polar surface area (TPSA) is 72.3 Å². The highest BCUT2D eigenvalue weighted by atomic mass is 19.1. The normalized spacial score (nSPS) is 18.7. The number of carbonyl (C=O) groups is 1. The Balaban J connectivity index is 1.37. The van der Waals surface area contributed by atoms with Gasteiger partial charge in [-0.05, 0) is 62.7 Å². The Morgan fingerprint density at radius 2 is 2.03 bits per heavy atom. The predicted octanol–water partition coefficient (Wildman–Crippen LogP) is 4.86. The lowest BCUT2D eigenvalue weighted by Gasteiger charge is -2.20. The second-order valence-corrected chi connectivity index (χ2v) is 9.93. The van der Waals surface area contributed by atoms with Crippen molar-refractivity contribution in [2.24, 2.45) is 7.05 Å². The van der Waals surface area contributed by atoms with Crippen LogP contribution in [-0.4, -0.2) is 58.0 Å². The molecule has 0 spiro atoms. The van der Waals surface area contributed by atoms with Gasteiger partial charge in [0.1, 0.15) is 18.5 Å². The number of likely N-dealkylation sites (tertiary alicyclic amines) is 1. The molecule has 2 aromatic carbocycles. The number of nitrogens with one attached hydrogen (secondary N) is 1. The fraction of sp³-hybridized carbons (Fsp3) is 0.345. The molecule has 2 aromatic heterocycles. The van der Waals surface area contributed by atoms with E-state index in [0.717, 1.165) is 33.3 Å². The molecule has 1 aliphatic rings. The summed E-state index contributed by atoms with van der Waals surface area (Å²) in [7, 11) is 3.78.